The van der Waals surface area contributed by atoms with Crippen molar-refractivity contribution in [3.05, 3.63) is 81.3 Å². The van der Waals surface area contributed by atoms with Crippen molar-refractivity contribution in [1.82, 2.24) is 9.62 Å². The molecule has 0 bridgehead atoms. The van der Waals surface area contributed by atoms with Crippen LogP contribution >= 0.6 is 23.2 Å². The molecule has 1 amide bonds. The number of nitrogens with one attached hydrogen (secondary N) is 1. The summed E-state index contributed by atoms with van der Waals surface area (Å²) in [6, 6.07) is 11.3. The zero-order valence-electron chi connectivity index (χ0n) is 24.5. The maximum atomic E-state index is 14.5. The Morgan fingerprint density at radius 3 is 2.36 bits per heavy atom. The van der Waals surface area contributed by atoms with Crippen molar-refractivity contribution >= 4 is 39.1 Å². The molecular weight excluding hydrogens is 638 g/mol. The van der Waals surface area contributed by atoms with Gasteiger partial charge in [0.05, 0.1) is 23.1 Å². The van der Waals surface area contributed by atoms with Gasteiger partial charge in [-0.1, -0.05) is 62.2 Å². The molecule has 1 atom stereocenters. The van der Waals surface area contributed by atoms with Gasteiger partial charge in [0.1, 0.15) is 5.75 Å². The van der Waals surface area contributed by atoms with Crippen LogP contribution in [0.1, 0.15) is 56.3 Å². The van der Waals surface area contributed by atoms with Gasteiger partial charge in [-0.2, -0.15) is 17.5 Å². The lowest BCUT2D eigenvalue weighted by molar-refractivity contribution is -0.137. The number of benzene rings is 3. The summed E-state index contributed by atoms with van der Waals surface area (Å²) in [5.74, 6) is -0.301. The number of nitrogens with zero attached hydrogens (tertiary/aromatic N) is 1. The number of hydrogen-bond acceptors (Lipinski definition) is 5. The Labute approximate surface area is 265 Å². The summed E-state index contributed by atoms with van der Waals surface area (Å²) in [4.78, 5) is 11.2. The molecule has 1 aliphatic heterocycles. The molecule has 3 aromatic rings. The number of halogens is 5. The van der Waals surface area contributed by atoms with E-state index in [1.165, 1.54) is 18.2 Å². The lowest BCUT2D eigenvalue weighted by Gasteiger charge is -2.35. The number of rotatable bonds is 10. The van der Waals surface area contributed by atoms with Crippen LogP contribution < -0.4 is 15.8 Å². The number of nitrogens with two attached hydrogens (primary N) is 1. The fourth-order valence-electron chi connectivity index (χ4n) is 5.17. The Kier molecular flexibility index (Phi) is 10.3. The molecule has 0 saturated carbocycles. The number of alkyl halides is 3. The van der Waals surface area contributed by atoms with Gasteiger partial charge in [-0.05, 0) is 52.9 Å². The Hall–Kier alpha value is -2.83. The highest BCUT2D eigenvalue weighted by Gasteiger charge is 2.41. The third kappa shape index (κ3) is 8.06. The molecule has 0 fully saturated rings. The summed E-state index contributed by atoms with van der Waals surface area (Å²) in [5.41, 5.74) is 5.04. The van der Waals surface area contributed by atoms with Crippen LogP contribution in [0.4, 0.5) is 13.2 Å². The lowest BCUT2D eigenvalue weighted by Crippen LogP contribution is -2.39. The molecule has 1 aliphatic rings. The maximum Gasteiger partial charge on any atom is 0.417 e. The summed E-state index contributed by atoms with van der Waals surface area (Å²) in [5, 5.41) is 3.45. The van der Waals surface area contributed by atoms with Crippen LogP contribution in [0.3, 0.4) is 0 Å². The largest absolute Gasteiger partial charge is 0.493 e. The summed E-state index contributed by atoms with van der Waals surface area (Å²) in [6.45, 7) is 7.44. The van der Waals surface area contributed by atoms with E-state index < -0.39 is 44.2 Å². The minimum atomic E-state index is -4.91. The average molecular weight is 673 g/mol. The van der Waals surface area contributed by atoms with E-state index in [0.29, 0.717) is 17.9 Å². The van der Waals surface area contributed by atoms with Crippen LogP contribution in [0.15, 0.2) is 59.5 Å². The number of amides is 1. The van der Waals surface area contributed by atoms with Crippen molar-refractivity contribution in [2.45, 2.75) is 57.3 Å². The maximum absolute atomic E-state index is 14.5. The summed E-state index contributed by atoms with van der Waals surface area (Å²) in [6.07, 6.45) is -5.06. The predicted molar refractivity (Wildman–Crippen MR) is 165 cm³/mol. The summed E-state index contributed by atoms with van der Waals surface area (Å²) >= 11 is 12.3. The van der Waals surface area contributed by atoms with Crippen LogP contribution in [0.25, 0.3) is 11.1 Å². The molecule has 7 nitrogen and oxygen atoms in total. The van der Waals surface area contributed by atoms with Gasteiger partial charge in [0.15, 0.2) is 0 Å². The van der Waals surface area contributed by atoms with Crippen molar-refractivity contribution in [2.75, 3.05) is 19.7 Å². The van der Waals surface area contributed by atoms with Crippen molar-refractivity contribution in [1.29, 1.82) is 0 Å². The second-order valence-corrected chi connectivity index (χ2v) is 14.6. The minimum Gasteiger partial charge on any atom is -0.493 e. The van der Waals surface area contributed by atoms with E-state index in [9.17, 15) is 26.4 Å². The third-order valence-electron chi connectivity index (χ3n) is 7.07. The first kappa shape index (κ1) is 34.1. The van der Waals surface area contributed by atoms with Gasteiger partial charge >= 0.3 is 6.18 Å². The Morgan fingerprint density at radius 2 is 1.75 bits per heavy atom. The van der Waals surface area contributed by atoms with Crippen molar-refractivity contribution in [2.24, 2.45) is 11.1 Å². The monoisotopic (exact) mass is 671 g/mol. The molecule has 0 saturated heterocycles. The van der Waals surface area contributed by atoms with Crippen LogP contribution in [-0.2, 0) is 27.5 Å². The molecular formula is C31H34Cl2F3N3O4S. The fourth-order valence-corrected chi connectivity index (χ4v) is 7.58. The molecule has 0 spiro atoms. The van der Waals surface area contributed by atoms with Gasteiger partial charge in [0.25, 0.3) is 0 Å². The topological polar surface area (TPSA) is 102 Å². The number of hydrogen-bond donors (Lipinski definition) is 2. The van der Waals surface area contributed by atoms with E-state index >= 15 is 0 Å². The van der Waals surface area contributed by atoms with Crippen LogP contribution in [0, 0.1) is 5.41 Å². The first-order chi connectivity index (χ1) is 20.5. The van der Waals surface area contributed by atoms with E-state index in [1.54, 1.807) is 6.07 Å². The second kappa shape index (κ2) is 13.3. The molecule has 0 aromatic heterocycles. The van der Waals surface area contributed by atoms with Gasteiger partial charge in [-0.3, -0.25) is 4.79 Å². The first-order valence-corrected chi connectivity index (χ1v) is 16.1. The number of primary amides is 1. The zero-order valence-corrected chi connectivity index (χ0v) is 26.8. The standard InChI is InChI=1S/C31H34Cl2F3N3O4S/c1-30(2,3)18-38-17-19-7-8-23-25(10-12-43-26(23)13-19)39(11-9-28(37)40)44(41,42)27-6-4-5-24(31(34,35)36)29(27)20-14-21(32)16-22(33)15-20/h4-8,13-16,25,38H,9-12,17-18H2,1-3H3,(H2,37,40)/t25-/m1/s1. The second-order valence-electron chi connectivity index (χ2n) is 11.9. The van der Waals surface area contributed by atoms with E-state index in [4.69, 9.17) is 33.7 Å². The van der Waals surface area contributed by atoms with Gasteiger partial charge in [0, 0.05) is 53.6 Å². The van der Waals surface area contributed by atoms with Crippen LogP contribution in [-0.4, -0.2) is 38.3 Å². The van der Waals surface area contributed by atoms with Gasteiger partial charge in [-0.15, -0.1) is 0 Å². The van der Waals surface area contributed by atoms with E-state index in [-0.39, 0.29) is 47.0 Å². The number of ether oxygens (including phenoxy) is 1. The Morgan fingerprint density at radius 1 is 1.07 bits per heavy atom. The van der Waals surface area contributed by atoms with Crippen molar-refractivity contribution < 1.29 is 31.1 Å². The van der Waals surface area contributed by atoms with E-state index in [1.807, 2.05) is 12.1 Å². The highest BCUT2D eigenvalue weighted by Crippen LogP contribution is 2.45. The molecule has 0 aliphatic carbocycles. The first-order valence-electron chi connectivity index (χ1n) is 13.9. The van der Waals surface area contributed by atoms with Crippen LogP contribution in [0.2, 0.25) is 10.0 Å². The molecule has 0 radical (unpaired) electrons. The van der Waals surface area contributed by atoms with Gasteiger partial charge in [0.2, 0.25) is 15.9 Å². The number of sulfonamides is 1. The predicted octanol–water partition coefficient (Wildman–Crippen LogP) is 7.20. The molecule has 0 unspecified atom stereocenters. The smallest absolute Gasteiger partial charge is 0.417 e. The molecule has 238 valence electrons. The fraction of sp³-hybridized carbons (Fsp3) is 0.387. The third-order valence-corrected chi connectivity index (χ3v) is 9.45. The molecule has 3 aromatic carbocycles. The van der Waals surface area contributed by atoms with Crippen molar-refractivity contribution in [3.63, 3.8) is 0 Å². The van der Waals surface area contributed by atoms with E-state index in [2.05, 4.69) is 26.1 Å². The molecule has 1 heterocycles. The average Bonchev–Trinajstić information content (AvgIpc) is 2.90. The number of carbonyl (C=O) groups excluding carboxylic acids is 1. The quantitative estimate of drug-likeness (QED) is 0.237. The SMILES string of the molecule is CC(C)(C)CNCc1ccc2c(c1)OCC[C@H]2N(CCC(N)=O)S(=O)(=O)c1cccc(C(F)(F)F)c1-c1cc(Cl)cc(Cl)c1. The molecule has 4 rings (SSSR count). The van der Waals surface area contributed by atoms with Gasteiger partial charge in [-0.25, -0.2) is 8.42 Å². The van der Waals surface area contributed by atoms with Gasteiger partial charge < -0.3 is 15.8 Å². The summed E-state index contributed by atoms with van der Waals surface area (Å²) in [7, 11) is -4.70. The van der Waals surface area contributed by atoms with E-state index in [0.717, 1.165) is 34.6 Å². The highest BCUT2D eigenvalue weighted by molar-refractivity contribution is 7.89. The van der Waals surface area contributed by atoms with Crippen LogP contribution in [0.5, 0.6) is 5.75 Å². The molecule has 13 heteroatoms. The number of carbonyl (C=O) groups is 1. The normalized spacial score (nSPS) is 15.6. The zero-order chi connectivity index (χ0) is 32.4. The lowest BCUT2D eigenvalue weighted by atomic mass is 9.96. The Balaban J connectivity index is 1.84. The highest BCUT2D eigenvalue weighted by atomic mass is 35.5. The minimum absolute atomic E-state index is 0.0320. The molecule has 3 N–H and O–H groups in total. The van der Waals surface area contributed by atoms with Crippen molar-refractivity contribution in [3.8, 4) is 16.9 Å². The summed E-state index contributed by atoms with van der Waals surface area (Å²) < 4.78 is 79.0. The molecule has 44 heavy (non-hydrogen) atoms. The number of fused-ring (bicyclic) bond motifs is 1. The Bertz CT molecular complexity index is 1620.